The number of nitrogens with zero attached hydrogens (tertiary/aromatic N) is 4. The molecule has 2 rings (SSSR count). The second kappa shape index (κ2) is 6.24. The third-order valence-corrected chi connectivity index (χ3v) is 3.55. The highest BCUT2D eigenvalue weighted by atomic mass is 14.8. The van der Waals surface area contributed by atoms with Crippen molar-refractivity contribution >= 4 is 5.69 Å². The summed E-state index contributed by atoms with van der Waals surface area (Å²) in [5.41, 5.74) is 4.56. The summed E-state index contributed by atoms with van der Waals surface area (Å²) >= 11 is 0. The van der Waals surface area contributed by atoms with Crippen molar-refractivity contribution in [1.29, 1.82) is 10.5 Å². The van der Waals surface area contributed by atoms with Crippen LogP contribution < -0.4 is 5.32 Å². The van der Waals surface area contributed by atoms with Crippen molar-refractivity contribution in [3.8, 4) is 23.3 Å². The van der Waals surface area contributed by atoms with Gasteiger partial charge in [-0.25, -0.2) is 9.97 Å². The fourth-order valence-electron chi connectivity index (χ4n) is 2.39. The molecule has 1 N–H and O–H groups in total. The van der Waals surface area contributed by atoms with E-state index in [4.69, 9.17) is 0 Å². The van der Waals surface area contributed by atoms with Crippen LogP contribution in [0.2, 0.25) is 0 Å². The Balaban J connectivity index is 2.79. The molecule has 2 aromatic rings. The van der Waals surface area contributed by atoms with Gasteiger partial charge < -0.3 is 5.32 Å². The van der Waals surface area contributed by atoms with Crippen LogP contribution >= 0.6 is 0 Å². The third kappa shape index (κ3) is 2.75. The minimum absolute atomic E-state index is 0.282. The van der Waals surface area contributed by atoms with Crippen LogP contribution in [0.5, 0.6) is 0 Å². The van der Waals surface area contributed by atoms with Crippen LogP contribution in [-0.2, 0) is 0 Å². The number of rotatable bonds is 3. The summed E-state index contributed by atoms with van der Waals surface area (Å²) in [7, 11) is 1.78. The first-order valence-corrected chi connectivity index (χ1v) is 7.01. The molecule has 0 fully saturated rings. The molecule has 5 nitrogen and oxygen atoms in total. The summed E-state index contributed by atoms with van der Waals surface area (Å²) in [6.45, 7) is 6.05. The van der Waals surface area contributed by atoms with Crippen molar-refractivity contribution in [2.45, 2.75) is 26.7 Å². The Labute approximate surface area is 130 Å². The fraction of sp³-hybridized carbons (Fsp3) is 0.294. The van der Waals surface area contributed by atoms with Crippen LogP contribution in [0.1, 0.15) is 42.4 Å². The van der Waals surface area contributed by atoms with Gasteiger partial charge in [-0.15, -0.1) is 0 Å². The highest BCUT2D eigenvalue weighted by Crippen LogP contribution is 2.31. The van der Waals surface area contributed by atoms with Crippen molar-refractivity contribution in [2.24, 2.45) is 0 Å². The van der Waals surface area contributed by atoms with E-state index in [1.165, 1.54) is 0 Å². The molecule has 0 aromatic carbocycles. The van der Waals surface area contributed by atoms with Gasteiger partial charge in [-0.2, -0.15) is 10.5 Å². The van der Waals surface area contributed by atoms with Gasteiger partial charge in [0.15, 0.2) is 0 Å². The van der Waals surface area contributed by atoms with Gasteiger partial charge >= 0.3 is 0 Å². The van der Waals surface area contributed by atoms with Crippen molar-refractivity contribution in [1.82, 2.24) is 9.97 Å². The predicted molar refractivity (Wildman–Crippen MR) is 85.3 cm³/mol. The first-order chi connectivity index (χ1) is 10.5. The standard InChI is InChI=1S/C17H17N5/c1-10(2)13-6-15(17(8-19)22-11(13)3)14-5-12(20-4)9-21-16(14)7-18/h5-6,9-10,20H,1-4H3. The second-order valence-electron chi connectivity index (χ2n) is 5.31. The molecule has 0 bridgehead atoms. The predicted octanol–water partition coefficient (Wildman–Crippen LogP) is 3.36. The summed E-state index contributed by atoms with van der Waals surface area (Å²) in [6.07, 6.45) is 1.60. The molecular weight excluding hydrogens is 274 g/mol. The summed E-state index contributed by atoms with van der Waals surface area (Å²) < 4.78 is 0. The Bertz CT molecular complexity index is 794. The summed E-state index contributed by atoms with van der Waals surface area (Å²) in [5, 5.41) is 21.7. The molecule has 2 aromatic heterocycles. The zero-order chi connectivity index (χ0) is 16.3. The van der Waals surface area contributed by atoms with Crippen LogP contribution in [-0.4, -0.2) is 17.0 Å². The summed E-state index contributed by atoms with van der Waals surface area (Å²) in [4.78, 5) is 8.56. The highest BCUT2D eigenvalue weighted by molar-refractivity contribution is 5.76. The van der Waals surface area contributed by atoms with Gasteiger partial charge in [0.05, 0.1) is 11.9 Å². The largest absolute Gasteiger partial charge is 0.387 e. The van der Waals surface area contributed by atoms with Crippen LogP contribution in [0.4, 0.5) is 5.69 Å². The first kappa shape index (κ1) is 15.5. The Morgan fingerprint density at radius 1 is 1.09 bits per heavy atom. The number of hydrogen-bond donors (Lipinski definition) is 1. The third-order valence-electron chi connectivity index (χ3n) is 3.55. The maximum Gasteiger partial charge on any atom is 0.148 e. The maximum absolute atomic E-state index is 9.39. The molecule has 0 aliphatic rings. The molecular formula is C17H17N5. The van der Waals surface area contributed by atoms with E-state index in [9.17, 15) is 10.5 Å². The lowest BCUT2D eigenvalue weighted by Gasteiger charge is -2.14. The zero-order valence-electron chi connectivity index (χ0n) is 13.1. The van der Waals surface area contributed by atoms with Gasteiger partial charge in [0.1, 0.15) is 23.5 Å². The highest BCUT2D eigenvalue weighted by Gasteiger charge is 2.16. The van der Waals surface area contributed by atoms with Gasteiger partial charge in [-0.1, -0.05) is 13.8 Å². The zero-order valence-corrected chi connectivity index (χ0v) is 13.1. The van der Waals surface area contributed by atoms with Crippen molar-refractivity contribution in [3.05, 3.63) is 41.0 Å². The molecule has 22 heavy (non-hydrogen) atoms. The number of aryl methyl sites for hydroxylation is 1. The number of hydrogen-bond acceptors (Lipinski definition) is 5. The average Bonchev–Trinajstić information content (AvgIpc) is 2.53. The van der Waals surface area contributed by atoms with Crippen LogP contribution in [0.15, 0.2) is 18.3 Å². The topological polar surface area (TPSA) is 85.4 Å². The lowest BCUT2D eigenvalue weighted by molar-refractivity contribution is 0.842. The molecule has 0 saturated carbocycles. The molecule has 0 unspecified atom stereocenters. The Morgan fingerprint density at radius 2 is 1.73 bits per heavy atom. The smallest absolute Gasteiger partial charge is 0.148 e. The molecule has 2 heterocycles. The maximum atomic E-state index is 9.39. The van der Waals surface area contributed by atoms with Crippen LogP contribution in [0, 0.1) is 29.6 Å². The molecule has 0 aliphatic carbocycles. The summed E-state index contributed by atoms with van der Waals surface area (Å²) in [6, 6.07) is 7.97. The fourth-order valence-corrected chi connectivity index (χ4v) is 2.39. The monoisotopic (exact) mass is 291 g/mol. The van der Waals surface area contributed by atoms with Crippen molar-refractivity contribution < 1.29 is 0 Å². The van der Waals surface area contributed by atoms with Crippen LogP contribution in [0.25, 0.3) is 11.1 Å². The van der Waals surface area contributed by atoms with Gasteiger partial charge in [0.25, 0.3) is 0 Å². The van der Waals surface area contributed by atoms with Crippen molar-refractivity contribution in [3.63, 3.8) is 0 Å². The van der Waals surface area contributed by atoms with Gasteiger partial charge in [0.2, 0.25) is 0 Å². The van der Waals surface area contributed by atoms with E-state index in [1.54, 1.807) is 13.2 Å². The first-order valence-electron chi connectivity index (χ1n) is 7.01. The molecule has 0 atom stereocenters. The van der Waals surface area contributed by atoms with Gasteiger partial charge in [0, 0.05) is 23.9 Å². The number of nitriles is 2. The molecule has 0 radical (unpaired) electrons. The van der Waals surface area contributed by atoms with E-state index in [0.29, 0.717) is 16.8 Å². The average molecular weight is 291 g/mol. The lowest BCUT2D eigenvalue weighted by Crippen LogP contribution is -2.02. The molecule has 0 aliphatic heterocycles. The number of nitrogens with one attached hydrogen (secondary N) is 1. The molecule has 110 valence electrons. The molecule has 0 saturated heterocycles. The Hall–Kier alpha value is -2.92. The van der Waals surface area contributed by atoms with Crippen LogP contribution in [0.3, 0.4) is 0 Å². The Kier molecular flexibility index (Phi) is 4.39. The quantitative estimate of drug-likeness (QED) is 0.937. The Morgan fingerprint density at radius 3 is 2.27 bits per heavy atom. The van der Waals surface area contributed by atoms with Gasteiger partial charge in [-0.3, -0.25) is 0 Å². The van der Waals surface area contributed by atoms with E-state index in [-0.39, 0.29) is 11.6 Å². The van der Waals surface area contributed by atoms with Crippen molar-refractivity contribution in [2.75, 3.05) is 12.4 Å². The number of aromatic nitrogens is 2. The SMILES string of the molecule is CNc1cnc(C#N)c(-c2cc(C(C)C)c(C)nc2C#N)c1. The van der Waals surface area contributed by atoms with E-state index >= 15 is 0 Å². The van der Waals surface area contributed by atoms with Gasteiger partial charge in [-0.05, 0) is 30.5 Å². The van der Waals surface area contributed by atoms with E-state index in [1.807, 2.05) is 19.1 Å². The van der Waals surface area contributed by atoms with E-state index in [0.717, 1.165) is 16.9 Å². The summed E-state index contributed by atoms with van der Waals surface area (Å²) in [5.74, 6) is 0.282. The minimum atomic E-state index is 0.282. The molecule has 5 heteroatoms. The van der Waals surface area contributed by atoms with E-state index < -0.39 is 0 Å². The van der Waals surface area contributed by atoms with E-state index in [2.05, 4.69) is 41.3 Å². The second-order valence-corrected chi connectivity index (χ2v) is 5.31. The number of anilines is 1. The molecule has 0 amide bonds. The normalized spacial score (nSPS) is 10.1. The lowest BCUT2D eigenvalue weighted by atomic mass is 9.94. The molecule has 0 spiro atoms. The minimum Gasteiger partial charge on any atom is -0.387 e. The number of pyridine rings is 2.